The van der Waals surface area contributed by atoms with E-state index in [1.165, 1.54) is 40.8 Å². The molecule has 0 aromatic heterocycles. The maximum Gasteiger partial charge on any atom is 0.132 e. The molecule has 3 aliphatic carbocycles. The van der Waals surface area contributed by atoms with Crippen LogP contribution < -0.4 is 4.90 Å². The van der Waals surface area contributed by atoms with Crippen molar-refractivity contribution in [2.45, 2.75) is 32.1 Å². The van der Waals surface area contributed by atoms with Crippen LogP contribution in [0.1, 0.15) is 37.7 Å². The van der Waals surface area contributed by atoms with Crippen LogP contribution in [-0.2, 0) is 0 Å². The predicted molar refractivity (Wildman–Crippen MR) is 113 cm³/mol. The first-order valence-corrected chi connectivity index (χ1v) is 10.0. The van der Waals surface area contributed by atoms with Crippen LogP contribution in [0.3, 0.4) is 0 Å². The fourth-order valence-electron chi connectivity index (χ4n) is 4.71. The van der Waals surface area contributed by atoms with Crippen molar-refractivity contribution in [3.05, 3.63) is 70.3 Å². The molecule has 28 heavy (non-hydrogen) atoms. The molecule has 0 amide bonds. The Morgan fingerprint density at radius 3 is 2.18 bits per heavy atom. The predicted octanol–water partition coefficient (Wildman–Crippen LogP) is 5.56. The van der Waals surface area contributed by atoms with Gasteiger partial charge in [-0.3, -0.25) is 0 Å². The molecule has 2 unspecified atom stereocenters. The van der Waals surface area contributed by atoms with Crippen LogP contribution in [-0.4, -0.2) is 14.1 Å². The molecule has 0 spiro atoms. The van der Waals surface area contributed by atoms with E-state index in [0.717, 1.165) is 24.8 Å². The summed E-state index contributed by atoms with van der Waals surface area (Å²) in [6.07, 6.45) is 12.3. The van der Waals surface area contributed by atoms with Crippen molar-refractivity contribution in [2.24, 2.45) is 11.8 Å². The lowest BCUT2D eigenvalue weighted by Gasteiger charge is -2.36. The van der Waals surface area contributed by atoms with Crippen molar-refractivity contribution >= 4 is 11.3 Å². The highest BCUT2D eigenvalue weighted by Crippen LogP contribution is 2.46. The Morgan fingerprint density at radius 2 is 1.54 bits per heavy atom. The van der Waals surface area contributed by atoms with E-state index < -0.39 is 0 Å². The lowest BCUT2D eigenvalue weighted by atomic mass is 9.69. The molecule has 0 heterocycles. The van der Waals surface area contributed by atoms with Crippen LogP contribution in [0.5, 0.6) is 0 Å². The zero-order valence-corrected chi connectivity index (χ0v) is 16.6. The van der Waals surface area contributed by atoms with Crippen molar-refractivity contribution in [3.63, 3.8) is 0 Å². The van der Waals surface area contributed by atoms with Crippen LogP contribution in [0, 0.1) is 34.5 Å². The third kappa shape index (κ3) is 3.41. The largest absolute Gasteiger partial charge is 0.378 e. The smallest absolute Gasteiger partial charge is 0.132 e. The molecule has 0 saturated heterocycles. The molecule has 1 aromatic rings. The molecule has 140 valence electrons. The summed E-state index contributed by atoms with van der Waals surface area (Å²) in [4.78, 5) is 2.12. The van der Waals surface area contributed by atoms with Gasteiger partial charge in [0.25, 0.3) is 0 Å². The number of anilines is 1. The van der Waals surface area contributed by atoms with Crippen LogP contribution in [0.25, 0.3) is 5.57 Å². The lowest BCUT2D eigenvalue weighted by Crippen LogP contribution is -2.22. The number of nitrogens with zero attached hydrogens (tertiary/aromatic N) is 3. The minimum Gasteiger partial charge on any atom is -0.378 e. The Labute approximate surface area is 167 Å². The number of nitriles is 2. The summed E-state index contributed by atoms with van der Waals surface area (Å²) in [6.45, 7) is 0. The Bertz CT molecular complexity index is 972. The monoisotopic (exact) mass is 367 g/mol. The van der Waals surface area contributed by atoms with Gasteiger partial charge in [-0.25, -0.2) is 0 Å². The molecule has 2 atom stereocenters. The molecule has 3 nitrogen and oxygen atoms in total. The van der Waals surface area contributed by atoms with Crippen LogP contribution in [0.4, 0.5) is 5.69 Å². The molecule has 3 aliphatic rings. The summed E-state index contributed by atoms with van der Waals surface area (Å²) >= 11 is 0. The number of hydrogen-bond acceptors (Lipinski definition) is 3. The Hall–Kier alpha value is -3.04. The highest BCUT2D eigenvalue weighted by atomic mass is 15.1. The summed E-state index contributed by atoms with van der Waals surface area (Å²) in [6, 6.07) is 12.9. The number of benzene rings is 1. The van der Waals surface area contributed by atoms with Crippen molar-refractivity contribution in [1.82, 2.24) is 0 Å². The van der Waals surface area contributed by atoms with E-state index in [1.54, 1.807) is 0 Å². The molecule has 4 rings (SSSR count). The van der Waals surface area contributed by atoms with Gasteiger partial charge in [0.1, 0.15) is 17.7 Å². The molecule has 0 radical (unpaired) electrons. The fourth-order valence-corrected chi connectivity index (χ4v) is 4.71. The molecular formula is C25H25N3. The second-order valence-corrected chi connectivity index (χ2v) is 8.23. The molecule has 0 fully saturated rings. The van der Waals surface area contributed by atoms with Gasteiger partial charge in [0.2, 0.25) is 0 Å². The second-order valence-electron chi connectivity index (χ2n) is 8.23. The first kappa shape index (κ1) is 18.3. The van der Waals surface area contributed by atoms with Gasteiger partial charge in [-0.2, -0.15) is 10.5 Å². The third-order valence-electron chi connectivity index (χ3n) is 6.35. The number of hydrogen-bond donors (Lipinski definition) is 0. The van der Waals surface area contributed by atoms with Crippen molar-refractivity contribution < 1.29 is 0 Å². The van der Waals surface area contributed by atoms with Crippen molar-refractivity contribution in [1.29, 1.82) is 10.5 Å². The highest BCUT2D eigenvalue weighted by molar-refractivity contribution is 5.72. The maximum atomic E-state index is 9.19. The van der Waals surface area contributed by atoms with E-state index in [2.05, 4.69) is 73.6 Å². The third-order valence-corrected chi connectivity index (χ3v) is 6.35. The van der Waals surface area contributed by atoms with E-state index in [0.29, 0.717) is 11.8 Å². The average molecular weight is 367 g/mol. The SMILES string of the molecule is CN(C)c1ccc(C2=CC3=CC4=CC(=C(C#N)C#N)CCC4CC3CC2)cc1. The fraction of sp³-hybridized carbons (Fsp3) is 0.360. The van der Waals surface area contributed by atoms with Gasteiger partial charge in [-0.15, -0.1) is 0 Å². The Balaban J connectivity index is 1.67. The van der Waals surface area contributed by atoms with E-state index >= 15 is 0 Å². The topological polar surface area (TPSA) is 50.8 Å². The number of fused-ring (bicyclic) bond motifs is 2. The van der Waals surface area contributed by atoms with Crippen LogP contribution in [0.2, 0.25) is 0 Å². The zero-order chi connectivity index (χ0) is 19.7. The van der Waals surface area contributed by atoms with Gasteiger partial charge in [-0.05, 0) is 83.9 Å². The van der Waals surface area contributed by atoms with Gasteiger partial charge >= 0.3 is 0 Å². The molecule has 1 aromatic carbocycles. The quantitative estimate of drug-likeness (QED) is 0.643. The molecule has 3 heteroatoms. The van der Waals surface area contributed by atoms with Crippen LogP contribution in [0.15, 0.2) is 64.8 Å². The van der Waals surface area contributed by atoms with E-state index in [-0.39, 0.29) is 5.57 Å². The molecule has 0 N–H and O–H groups in total. The van der Waals surface area contributed by atoms with E-state index in [1.807, 2.05) is 0 Å². The van der Waals surface area contributed by atoms with Crippen molar-refractivity contribution in [2.75, 3.05) is 19.0 Å². The van der Waals surface area contributed by atoms with Gasteiger partial charge in [0, 0.05) is 19.8 Å². The number of rotatable bonds is 2. The number of allylic oxidation sites excluding steroid dienone is 8. The molecular weight excluding hydrogens is 342 g/mol. The molecule has 0 aliphatic heterocycles. The Kier molecular flexibility index (Phi) is 4.93. The summed E-state index contributed by atoms with van der Waals surface area (Å²) < 4.78 is 0. The molecule has 0 bridgehead atoms. The standard InChI is InChI=1S/C25H25N3/c1-28(2)25-9-7-17(8-10-25)18-3-4-19-11-20-5-6-21(24(15-26)16-27)13-23(20)14-22(19)12-18/h7-10,12-14,19-20H,3-6,11H2,1-2H3. The minimum atomic E-state index is 0.271. The summed E-state index contributed by atoms with van der Waals surface area (Å²) in [5, 5.41) is 18.4. The van der Waals surface area contributed by atoms with E-state index in [9.17, 15) is 10.5 Å². The lowest BCUT2D eigenvalue weighted by molar-refractivity contribution is 0.395. The van der Waals surface area contributed by atoms with Crippen molar-refractivity contribution in [3.8, 4) is 12.1 Å². The average Bonchev–Trinajstić information content (AvgIpc) is 2.72. The van der Waals surface area contributed by atoms with Gasteiger partial charge in [0.05, 0.1) is 0 Å². The summed E-state index contributed by atoms with van der Waals surface area (Å²) in [7, 11) is 4.13. The maximum absolute atomic E-state index is 9.19. The summed E-state index contributed by atoms with van der Waals surface area (Å²) in [5.41, 5.74) is 7.83. The zero-order valence-electron chi connectivity index (χ0n) is 16.6. The second kappa shape index (κ2) is 7.53. The minimum absolute atomic E-state index is 0.271. The van der Waals surface area contributed by atoms with Crippen LogP contribution >= 0.6 is 0 Å². The van der Waals surface area contributed by atoms with Gasteiger partial charge in [0.15, 0.2) is 0 Å². The first-order chi connectivity index (χ1) is 13.6. The van der Waals surface area contributed by atoms with Gasteiger partial charge in [-0.1, -0.05) is 30.4 Å². The highest BCUT2D eigenvalue weighted by Gasteiger charge is 2.31. The Morgan fingerprint density at radius 1 is 0.893 bits per heavy atom. The first-order valence-electron chi connectivity index (χ1n) is 10.0. The summed E-state index contributed by atoms with van der Waals surface area (Å²) in [5.74, 6) is 1.22. The molecule has 0 saturated carbocycles. The van der Waals surface area contributed by atoms with E-state index in [4.69, 9.17) is 0 Å². The van der Waals surface area contributed by atoms with Gasteiger partial charge < -0.3 is 4.90 Å². The normalized spacial score (nSPS) is 23.1.